The number of hydrogen-bond acceptors (Lipinski definition) is 4. The van der Waals surface area contributed by atoms with E-state index < -0.39 is 0 Å². The third-order valence-corrected chi connectivity index (χ3v) is 5.82. The van der Waals surface area contributed by atoms with E-state index >= 15 is 0 Å². The molecule has 0 unspecified atom stereocenters. The van der Waals surface area contributed by atoms with Gasteiger partial charge < -0.3 is 20.7 Å². The lowest BCUT2D eigenvalue weighted by Gasteiger charge is -2.32. The van der Waals surface area contributed by atoms with Crippen molar-refractivity contribution >= 4 is 35.8 Å². The number of hydrogen-bond donors (Lipinski definition) is 3. The molecule has 1 aliphatic heterocycles. The number of aliphatic imine (C=N–C) groups is 1. The van der Waals surface area contributed by atoms with Crippen LogP contribution in [0.3, 0.4) is 0 Å². The molecule has 29 heavy (non-hydrogen) atoms. The van der Waals surface area contributed by atoms with Gasteiger partial charge in [-0.05, 0) is 44.9 Å². The summed E-state index contributed by atoms with van der Waals surface area (Å²) in [5.41, 5.74) is 0. The standard InChI is InChI=1S/C21H41N5O2.HI/c1-22-20(27)17-26-14-11-18(12-15-26)25-21(23-2)24-13-7-4-8-16-28-19-9-5-3-6-10-19;/h18-19H,3-17H2,1-2H3,(H,22,27)(H2,23,24,25);1H. The van der Waals surface area contributed by atoms with Crippen LogP contribution in [0.1, 0.15) is 64.2 Å². The van der Waals surface area contributed by atoms with Gasteiger partial charge in [-0.2, -0.15) is 0 Å². The minimum Gasteiger partial charge on any atom is -0.378 e. The number of nitrogens with zero attached hydrogens (tertiary/aromatic N) is 2. The summed E-state index contributed by atoms with van der Waals surface area (Å²) in [7, 11) is 3.52. The maximum Gasteiger partial charge on any atom is 0.233 e. The Kier molecular flexibility index (Phi) is 14.7. The van der Waals surface area contributed by atoms with Crippen molar-refractivity contribution in [3.05, 3.63) is 0 Å². The molecule has 1 saturated heterocycles. The zero-order chi connectivity index (χ0) is 20.0. The Morgan fingerprint density at radius 2 is 1.79 bits per heavy atom. The Labute approximate surface area is 194 Å². The van der Waals surface area contributed by atoms with Crippen LogP contribution < -0.4 is 16.0 Å². The third-order valence-electron chi connectivity index (χ3n) is 5.82. The molecule has 170 valence electrons. The second-order valence-electron chi connectivity index (χ2n) is 8.06. The van der Waals surface area contributed by atoms with Gasteiger partial charge in [-0.3, -0.25) is 14.7 Å². The maximum atomic E-state index is 11.5. The Hall–Kier alpha value is -0.610. The molecule has 0 aromatic heterocycles. The molecule has 0 aromatic rings. The number of amides is 1. The fraction of sp³-hybridized carbons (Fsp3) is 0.905. The monoisotopic (exact) mass is 523 g/mol. The van der Waals surface area contributed by atoms with E-state index in [9.17, 15) is 4.79 Å². The van der Waals surface area contributed by atoms with Gasteiger partial charge in [-0.25, -0.2) is 0 Å². The van der Waals surface area contributed by atoms with Gasteiger partial charge in [0, 0.05) is 46.4 Å². The van der Waals surface area contributed by atoms with E-state index in [-0.39, 0.29) is 29.9 Å². The smallest absolute Gasteiger partial charge is 0.233 e. The summed E-state index contributed by atoms with van der Waals surface area (Å²) in [6.45, 7) is 4.25. The van der Waals surface area contributed by atoms with E-state index in [0.29, 0.717) is 18.7 Å². The molecular formula is C21H42IN5O2. The largest absolute Gasteiger partial charge is 0.378 e. The van der Waals surface area contributed by atoms with Gasteiger partial charge >= 0.3 is 0 Å². The summed E-state index contributed by atoms with van der Waals surface area (Å²) < 4.78 is 5.99. The molecule has 0 aromatic carbocycles. The van der Waals surface area contributed by atoms with Crippen LogP contribution in [0.25, 0.3) is 0 Å². The molecule has 3 N–H and O–H groups in total. The number of likely N-dealkylation sites (tertiary alicyclic amines) is 1. The predicted octanol–water partition coefficient (Wildman–Crippen LogP) is 2.50. The topological polar surface area (TPSA) is 78.0 Å². The summed E-state index contributed by atoms with van der Waals surface area (Å²) in [4.78, 5) is 18.0. The van der Waals surface area contributed by atoms with E-state index in [0.717, 1.165) is 57.9 Å². The molecule has 2 rings (SSSR count). The number of rotatable bonds is 10. The molecule has 1 heterocycles. The van der Waals surface area contributed by atoms with E-state index in [1.54, 1.807) is 7.05 Å². The van der Waals surface area contributed by atoms with Gasteiger partial charge in [0.05, 0.1) is 12.6 Å². The molecule has 0 radical (unpaired) electrons. The van der Waals surface area contributed by atoms with Gasteiger partial charge in [0.25, 0.3) is 0 Å². The van der Waals surface area contributed by atoms with Crippen LogP contribution in [0.2, 0.25) is 0 Å². The van der Waals surface area contributed by atoms with Crippen LogP contribution in [-0.4, -0.2) is 75.8 Å². The van der Waals surface area contributed by atoms with Crippen molar-refractivity contribution in [1.29, 1.82) is 0 Å². The average Bonchev–Trinajstić information content (AvgIpc) is 2.74. The number of piperidine rings is 1. The SMILES string of the molecule is CN=C(NCCCCCOC1CCCCC1)NC1CCN(CC(=O)NC)CC1.I. The number of carbonyl (C=O) groups excluding carboxylic acids is 1. The Bertz CT molecular complexity index is 464. The number of guanidine groups is 1. The van der Waals surface area contributed by atoms with Gasteiger partial charge in [0.2, 0.25) is 5.91 Å². The molecule has 1 aliphatic carbocycles. The lowest BCUT2D eigenvalue weighted by molar-refractivity contribution is -0.122. The Morgan fingerprint density at radius 1 is 1.07 bits per heavy atom. The van der Waals surface area contributed by atoms with Crippen molar-refractivity contribution in [3.63, 3.8) is 0 Å². The van der Waals surface area contributed by atoms with Crippen LogP contribution in [0.15, 0.2) is 4.99 Å². The maximum absolute atomic E-state index is 11.5. The van der Waals surface area contributed by atoms with Gasteiger partial charge in [0.15, 0.2) is 5.96 Å². The number of likely N-dealkylation sites (N-methyl/N-ethyl adjacent to an activating group) is 1. The normalized spacial score (nSPS) is 19.4. The Morgan fingerprint density at radius 3 is 2.45 bits per heavy atom. The summed E-state index contributed by atoms with van der Waals surface area (Å²) in [6, 6.07) is 0.427. The van der Waals surface area contributed by atoms with Gasteiger partial charge in [-0.15, -0.1) is 24.0 Å². The van der Waals surface area contributed by atoms with Crippen molar-refractivity contribution in [2.24, 2.45) is 4.99 Å². The molecule has 8 heteroatoms. The van der Waals surface area contributed by atoms with Crippen molar-refractivity contribution in [3.8, 4) is 0 Å². The first-order valence-electron chi connectivity index (χ1n) is 11.2. The fourth-order valence-electron chi connectivity index (χ4n) is 4.00. The average molecular weight is 524 g/mol. The summed E-state index contributed by atoms with van der Waals surface area (Å²) in [6.07, 6.45) is 12.7. The minimum atomic E-state index is 0. The highest BCUT2D eigenvalue weighted by Gasteiger charge is 2.21. The van der Waals surface area contributed by atoms with E-state index in [2.05, 4.69) is 25.8 Å². The minimum absolute atomic E-state index is 0. The molecule has 0 atom stereocenters. The van der Waals surface area contributed by atoms with Crippen LogP contribution in [-0.2, 0) is 9.53 Å². The van der Waals surface area contributed by atoms with Crippen LogP contribution in [0.4, 0.5) is 0 Å². The van der Waals surface area contributed by atoms with E-state index in [1.165, 1.54) is 38.5 Å². The zero-order valence-electron chi connectivity index (χ0n) is 18.4. The van der Waals surface area contributed by atoms with Gasteiger partial charge in [0.1, 0.15) is 0 Å². The van der Waals surface area contributed by atoms with Crippen LogP contribution in [0.5, 0.6) is 0 Å². The van der Waals surface area contributed by atoms with E-state index in [1.807, 2.05) is 7.05 Å². The quantitative estimate of drug-likeness (QED) is 0.178. The van der Waals surface area contributed by atoms with Crippen molar-refractivity contribution in [2.75, 3.05) is 46.9 Å². The highest BCUT2D eigenvalue weighted by Crippen LogP contribution is 2.20. The zero-order valence-corrected chi connectivity index (χ0v) is 20.7. The fourth-order valence-corrected chi connectivity index (χ4v) is 4.00. The molecular weight excluding hydrogens is 481 g/mol. The Balaban J connectivity index is 0.00000420. The van der Waals surface area contributed by atoms with Crippen molar-refractivity contribution in [2.45, 2.75) is 76.4 Å². The highest BCUT2D eigenvalue weighted by atomic mass is 127. The number of unbranched alkanes of at least 4 members (excludes halogenated alkanes) is 2. The second-order valence-corrected chi connectivity index (χ2v) is 8.06. The van der Waals surface area contributed by atoms with E-state index in [4.69, 9.17) is 4.74 Å². The predicted molar refractivity (Wildman–Crippen MR) is 130 cm³/mol. The molecule has 7 nitrogen and oxygen atoms in total. The number of nitrogens with one attached hydrogen (secondary N) is 3. The number of halogens is 1. The molecule has 2 aliphatic rings. The first-order valence-corrected chi connectivity index (χ1v) is 11.2. The van der Waals surface area contributed by atoms with Crippen LogP contribution >= 0.6 is 24.0 Å². The molecule has 1 saturated carbocycles. The molecule has 1 amide bonds. The summed E-state index contributed by atoms with van der Waals surface area (Å²) >= 11 is 0. The number of ether oxygens (including phenoxy) is 1. The summed E-state index contributed by atoms with van der Waals surface area (Å²) in [5.74, 6) is 0.983. The van der Waals surface area contributed by atoms with Gasteiger partial charge in [-0.1, -0.05) is 19.3 Å². The highest BCUT2D eigenvalue weighted by molar-refractivity contribution is 14.0. The molecule has 0 bridgehead atoms. The third kappa shape index (κ3) is 11.4. The summed E-state index contributed by atoms with van der Waals surface area (Å²) in [5, 5.41) is 9.64. The van der Waals surface area contributed by atoms with Crippen molar-refractivity contribution in [1.82, 2.24) is 20.9 Å². The second kappa shape index (κ2) is 16.1. The first-order chi connectivity index (χ1) is 13.7. The van der Waals surface area contributed by atoms with Crippen molar-refractivity contribution < 1.29 is 9.53 Å². The lowest BCUT2D eigenvalue weighted by Crippen LogP contribution is -2.50. The lowest BCUT2D eigenvalue weighted by atomic mass is 9.98. The molecule has 0 spiro atoms. The number of carbonyl (C=O) groups is 1. The molecule has 2 fully saturated rings. The van der Waals surface area contributed by atoms with Crippen LogP contribution in [0, 0.1) is 0 Å². The first kappa shape index (κ1) is 26.4.